The molecule has 1 nitrogen and oxygen atoms in total. The smallest absolute Gasteiger partial charge is 0.429 e. The Labute approximate surface area is 186 Å². The summed E-state index contributed by atoms with van der Waals surface area (Å²) in [6.07, 6.45) is -9.12. The molecule has 0 amide bonds. The Morgan fingerprint density at radius 1 is 0.676 bits per heavy atom. The first kappa shape index (κ1) is 25.4. The predicted molar refractivity (Wildman–Crippen MR) is 102 cm³/mol. The van der Waals surface area contributed by atoms with Crippen molar-refractivity contribution >= 4 is 0 Å². The maximum absolute atomic E-state index is 14.5. The van der Waals surface area contributed by atoms with Gasteiger partial charge in [0.15, 0.2) is 0 Å². The van der Waals surface area contributed by atoms with Crippen molar-refractivity contribution < 1.29 is 48.6 Å². The van der Waals surface area contributed by atoms with Crippen molar-refractivity contribution in [1.29, 1.82) is 0 Å². The van der Waals surface area contributed by atoms with Gasteiger partial charge in [0.25, 0.3) is 0 Å². The number of alkyl halides is 5. The van der Waals surface area contributed by atoms with E-state index in [9.17, 15) is 43.9 Å². The maximum Gasteiger partial charge on any atom is 0.432 e. The van der Waals surface area contributed by atoms with Crippen molar-refractivity contribution in [1.82, 2.24) is 0 Å². The fourth-order valence-electron chi connectivity index (χ4n) is 3.32. The topological polar surface area (TPSA) is 9.23 Å². The van der Waals surface area contributed by atoms with Crippen LogP contribution in [0.3, 0.4) is 0 Å². The van der Waals surface area contributed by atoms with Gasteiger partial charge in [-0.15, -0.1) is 0 Å². The van der Waals surface area contributed by atoms with Gasteiger partial charge in [-0.25, -0.2) is 22.0 Å². The lowest BCUT2D eigenvalue weighted by Gasteiger charge is -2.21. The molecule has 0 aliphatic rings. The molecule has 0 saturated heterocycles. The normalized spacial score (nSPS) is 12.2. The van der Waals surface area contributed by atoms with Crippen LogP contribution in [0, 0.1) is 29.1 Å². The van der Waals surface area contributed by atoms with E-state index in [0.717, 1.165) is 6.07 Å². The summed E-state index contributed by atoms with van der Waals surface area (Å²) in [6.45, 7) is 1.85. The molecule has 0 fully saturated rings. The molecule has 0 unspecified atom stereocenters. The third kappa shape index (κ3) is 5.13. The summed E-state index contributed by atoms with van der Waals surface area (Å²) in [6, 6.07) is 4.26. The number of hydrogen-bond donors (Lipinski definition) is 0. The minimum Gasteiger partial charge on any atom is -0.429 e. The van der Waals surface area contributed by atoms with Crippen LogP contribution in [-0.2, 0) is 18.7 Å². The van der Waals surface area contributed by atoms with Crippen LogP contribution in [0.4, 0.5) is 43.9 Å². The number of halogens is 10. The standard InChI is InChI=1S/C23H14F10O/c1-2-3-11-4-5-14(15(24)6-11)12-7-16(25)21(17(26)8-12)23(32,33)34-13-9-18(27)20(19(28)10-13)22(29,30)31/h4-10H,2-3H2,1H3. The molecule has 0 aliphatic carbocycles. The molecule has 3 aromatic carbocycles. The monoisotopic (exact) mass is 496 g/mol. The summed E-state index contributed by atoms with van der Waals surface area (Å²) in [4.78, 5) is 0. The molecule has 0 aliphatic heterocycles. The molecule has 0 spiro atoms. The average Bonchev–Trinajstić information content (AvgIpc) is 2.65. The fourth-order valence-corrected chi connectivity index (χ4v) is 3.32. The second-order valence-electron chi connectivity index (χ2n) is 7.26. The molecule has 0 atom stereocenters. The van der Waals surface area contributed by atoms with E-state index in [4.69, 9.17) is 0 Å². The number of ether oxygens (including phenoxy) is 1. The Hall–Kier alpha value is -3.24. The quantitative estimate of drug-likeness (QED) is 0.313. The van der Waals surface area contributed by atoms with E-state index in [-0.39, 0.29) is 17.7 Å². The summed E-state index contributed by atoms with van der Waals surface area (Å²) in [5.74, 6) is -10.6. The van der Waals surface area contributed by atoms with Crippen molar-refractivity contribution in [3.05, 3.63) is 88.2 Å². The van der Waals surface area contributed by atoms with Gasteiger partial charge in [-0.2, -0.15) is 22.0 Å². The van der Waals surface area contributed by atoms with E-state index in [1.54, 1.807) is 0 Å². The number of rotatable bonds is 6. The summed E-state index contributed by atoms with van der Waals surface area (Å²) < 4.78 is 141. The molecule has 3 aromatic rings. The van der Waals surface area contributed by atoms with Gasteiger partial charge in [-0.1, -0.05) is 25.5 Å². The molecule has 0 aromatic heterocycles. The van der Waals surface area contributed by atoms with Crippen LogP contribution in [0.5, 0.6) is 5.75 Å². The summed E-state index contributed by atoms with van der Waals surface area (Å²) in [5.41, 5.74) is -4.42. The van der Waals surface area contributed by atoms with Gasteiger partial charge in [0, 0.05) is 17.7 Å². The average molecular weight is 496 g/mol. The molecule has 0 heterocycles. The predicted octanol–water partition coefficient (Wildman–Crippen LogP) is 8.15. The Morgan fingerprint density at radius 3 is 1.68 bits per heavy atom. The van der Waals surface area contributed by atoms with Gasteiger partial charge in [0.2, 0.25) is 0 Å². The van der Waals surface area contributed by atoms with Gasteiger partial charge < -0.3 is 4.74 Å². The van der Waals surface area contributed by atoms with E-state index in [2.05, 4.69) is 4.74 Å². The Morgan fingerprint density at radius 2 is 1.21 bits per heavy atom. The summed E-state index contributed by atoms with van der Waals surface area (Å²) in [7, 11) is 0. The van der Waals surface area contributed by atoms with Crippen LogP contribution in [0.2, 0.25) is 0 Å². The van der Waals surface area contributed by atoms with E-state index >= 15 is 0 Å². The highest BCUT2D eigenvalue weighted by Crippen LogP contribution is 2.40. The number of aryl methyl sites for hydroxylation is 1. The second-order valence-corrected chi connectivity index (χ2v) is 7.26. The first-order valence-corrected chi connectivity index (χ1v) is 9.66. The van der Waals surface area contributed by atoms with Gasteiger partial charge in [0.1, 0.15) is 46.0 Å². The number of hydrogen-bond acceptors (Lipinski definition) is 1. The molecule has 0 N–H and O–H groups in total. The van der Waals surface area contributed by atoms with Crippen LogP contribution < -0.4 is 4.74 Å². The SMILES string of the molecule is CCCc1ccc(-c2cc(F)c(C(F)(F)Oc3cc(F)c(C(F)(F)F)c(F)c3)c(F)c2)c(F)c1. The molecular formula is C23H14F10O. The van der Waals surface area contributed by atoms with E-state index in [0.29, 0.717) is 30.5 Å². The molecular weight excluding hydrogens is 482 g/mol. The zero-order valence-electron chi connectivity index (χ0n) is 17.1. The van der Waals surface area contributed by atoms with Crippen molar-refractivity contribution in [2.24, 2.45) is 0 Å². The van der Waals surface area contributed by atoms with Crippen molar-refractivity contribution in [2.75, 3.05) is 0 Å². The molecule has 11 heteroatoms. The van der Waals surface area contributed by atoms with Crippen molar-refractivity contribution in [3.63, 3.8) is 0 Å². The lowest BCUT2D eigenvalue weighted by molar-refractivity contribution is -0.189. The van der Waals surface area contributed by atoms with Gasteiger partial charge in [-0.3, -0.25) is 0 Å². The van der Waals surface area contributed by atoms with Crippen LogP contribution in [-0.4, -0.2) is 0 Å². The zero-order chi connectivity index (χ0) is 25.4. The van der Waals surface area contributed by atoms with Crippen LogP contribution in [0.25, 0.3) is 11.1 Å². The minimum absolute atomic E-state index is 0.197. The molecule has 0 radical (unpaired) electrons. The van der Waals surface area contributed by atoms with Crippen molar-refractivity contribution in [2.45, 2.75) is 32.1 Å². The maximum atomic E-state index is 14.5. The Balaban J connectivity index is 1.97. The van der Waals surface area contributed by atoms with E-state index in [1.807, 2.05) is 6.92 Å². The first-order valence-electron chi connectivity index (χ1n) is 9.66. The second kappa shape index (κ2) is 9.19. The van der Waals surface area contributed by atoms with Crippen LogP contribution >= 0.6 is 0 Å². The lowest BCUT2D eigenvalue weighted by atomic mass is 9.99. The first-order chi connectivity index (χ1) is 15.7. The molecule has 182 valence electrons. The van der Waals surface area contributed by atoms with Crippen LogP contribution in [0.15, 0.2) is 42.5 Å². The summed E-state index contributed by atoms with van der Waals surface area (Å²) >= 11 is 0. The highest BCUT2D eigenvalue weighted by atomic mass is 19.4. The largest absolute Gasteiger partial charge is 0.432 e. The highest BCUT2D eigenvalue weighted by Gasteiger charge is 2.43. The van der Waals surface area contributed by atoms with E-state index < -0.39 is 63.8 Å². The van der Waals surface area contributed by atoms with Gasteiger partial charge in [-0.05, 0) is 35.7 Å². The van der Waals surface area contributed by atoms with E-state index in [1.165, 1.54) is 12.1 Å². The molecule has 34 heavy (non-hydrogen) atoms. The number of benzene rings is 3. The van der Waals surface area contributed by atoms with Crippen molar-refractivity contribution in [3.8, 4) is 16.9 Å². The zero-order valence-corrected chi connectivity index (χ0v) is 17.1. The Kier molecular flexibility index (Phi) is 6.86. The molecule has 3 rings (SSSR count). The third-order valence-corrected chi connectivity index (χ3v) is 4.76. The third-order valence-electron chi connectivity index (χ3n) is 4.76. The highest BCUT2D eigenvalue weighted by molar-refractivity contribution is 5.65. The lowest BCUT2D eigenvalue weighted by Crippen LogP contribution is -2.25. The molecule has 0 bridgehead atoms. The fraction of sp³-hybridized carbons (Fsp3) is 0.217. The summed E-state index contributed by atoms with van der Waals surface area (Å²) in [5, 5.41) is 0. The van der Waals surface area contributed by atoms with Gasteiger partial charge in [0.05, 0.1) is 0 Å². The molecule has 0 saturated carbocycles. The van der Waals surface area contributed by atoms with Crippen LogP contribution in [0.1, 0.15) is 30.0 Å². The Bertz CT molecular complexity index is 1170. The van der Waals surface area contributed by atoms with Gasteiger partial charge >= 0.3 is 12.3 Å². The minimum atomic E-state index is -5.47.